The van der Waals surface area contributed by atoms with Gasteiger partial charge < -0.3 is 23.6 Å². The Labute approximate surface area is 183 Å². The summed E-state index contributed by atoms with van der Waals surface area (Å²) in [6.45, 7) is 2.36. The fraction of sp³-hybridized carbons (Fsp3) is 0.667. The number of rotatable bonds is 4. The van der Waals surface area contributed by atoms with Gasteiger partial charge in [-0.3, -0.25) is 18.1 Å². The van der Waals surface area contributed by atoms with Crippen LogP contribution in [0.1, 0.15) is 13.8 Å². The SMILES string of the molecule is C[C@]1(O)CO[C@@H]2COP(=O)(Oc3cccc(OP4(=O)OC[C@H]5OC[C@](C)(F)[C@@H]5O4)c3)O[C@H]21. The van der Waals surface area contributed by atoms with E-state index in [0.717, 1.165) is 0 Å². The summed E-state index contributed by atoms with van der Waals surface area (Å²) in [6.07, 6.45) is -3.24. The number of hydrogen-bond acceptors (Lipinski definition) is 11. The molecule has 4 aliphatic heterocycles. The van der Waals surface area contributed by atoms with Crippen molar-refractivity contribution in [2.45, 2.75) is 49.5 Å². The van der Waals surface area contributed by atoms with E-state index >= 15 is 0 Å². The Kier molecular flexibility index (Phi) is 5.48. The second-order valence-electron chi connectivity index (χ2n) is 8.53. The largest absolute Gasteiger partial charge is 0.530 e. The minimum Gasteiger partial charge on any atom is -0.404 e. The number of phosphoric ester groups is 2. The Hall–Kier alpha value is -1.07. The molecule has 0 amide bonds. The van der Waals surface area contributed by atoms with Crippen LogP contribution in [0, 0.1) is 0 Å². The normalized spacial score (nSPS) is 48.1. The van der Waals surface area contributed by atoms with Crippen LogP contribution in [0.3, 0.4) is 0 Å². The Balaban J connectivity index is 1.28. The lowest BCUT2D eigenvalue weighted by molar-refractivity contribution is -0.0691. The van der Waals surface area contributed by atoms with Crippen molar-refractivity contribution in [1.82, 2.24) is 0 Å². The molecule has 0 aliphatic carbocycles. The third-order valence-electron chi connectivity index (χ3n) is 5.57. The van der Waals surface area contributed by atoms with E-state index < -0.39 is 51.3 Å². The van der Waals surface area contributed by atoms with Gasteiger partial charge in [0.15, 0.2) is 5.67 Å². The van der Waals surface area contributed by atoms with Gasteiger partial charge in [0.05, 0.1) is 26.4 Å². The van der Waals surface area contributed by atoms with Crippen molar-refractivity contribution in [1.29, 1.82) is 0 Å². The number of aliphatic hydroxyl groups is 1. The highest BCUT2D eigenvalue weighted by atomic mass is 31.2. The van der Waals surface area contributed by atoms with Crippen molar-refractivity contribution in [3.63, 3.8) is 0 Å². The first-order valence-corrected chi connectivity index (χ1v) is 12.9. The highest BCUT2D eigenvalue weighted by molar-refractivity contribution is 7.49. The second-order valence-corrected chi connectivity index (χ2v) is 11.6. The molecule has 1 N–H and O–H groups in total. The molecule has 0 bridgehead atoms. The molecule has 178 valence electrons. The molecular formula is C18H23FO11P2. The summed E-state index contributed by atoms with van der Waals surface area (Å²) in [5.74, 6) is 0.0188. The zero-order valence-electron chi connectivity index (χ0n) is 17.2. The van der Waals surface area contributed by atoms with Gasteiger partial charge in [-0.25, -0.2) is 13.5 Å². The number of fused-ring (bicyclic) bond motifs is 2. The lowest BCUT2D eigenvalue weighted by atomic mass is 10.00. The van der Waals surface area contributed by atoms with Crippen LogP contribution in [0.25, 0.3) is 0 Å². The first kappa shape index (κ1) is 22.7. The summed E-state index contributed by atoms with van der Waals surface area (Å²) in [5.41, 5.74) is -3.18. The second kappa shape index (κ2) is 7.73. The van der Waals surface area contributed by atoms with Crippen molar-refractivity contribution >= 4 is 15.6 Å². The van der Waals surface area contributed by atoms with E-state index in [4.69, 9.17) is 36.6 Å². The van der Waals surface area contributed by atoms with Crippen LogP contribution in [0.4, 0.5) is 4.39 Å². The smallest absolute Gasteiger partial charge is 0.404 e. The standard InChI is InChI=1S/C18H23FO11P2/c1-17(19)9-23-13-7-25-31(21,29-15(13)17)27-11-4-3-5-12(6-11)28-32(22)26-8-14-16(30-32)18(2,20)10-24-14/h3-6,13-16,20H,7-10H2,1-2H3/t13-,14-,15-,16-,17+,18+,31?,32?/m1/s1. The average Bonchev–Trinajstić information content (AvgIpc) is 3.16. The zero-order valence-corrected chi connectivity index (χ0v) is 19.0. The number of hydrogen-bond donors (Lipinski definition) is 1. The molecule has 0 spiro atoms. The number of alkyl halides is 1. The van der Waals surface area contributed by atoms with Gasteiger partial charge in [0.25, 0.3) is 0 Å². The van der Waals surface area contributed by atoms with Crippen LogP contribution in [-0.2, 0) is 36.7 Å². The minimum atomic E-state index is -4.15. The molecule has 0 saturated carbocycles. The van der Waals surface area contributed by atoms with Gasteiger partial charge in [-0.2, -0.15) is 0 Å². The molecule has 32 heavy (non-hydrogen) atoms. The maximum atomic E-state index is 14.6. The molecule has 1 aromatic carbocycles. The van der Waals surface area contributed by atoms with E-state index in [1.807, 2.05) is 0 Å². The highest BCUT2D eigenvalue weighted by Crippen LogP contribution is 2.59. The lowest BCUT2D eigenvalue weighted by Gasteiger charge is -2.34. The molecule has 8 atom stereocenters. The summed E-state index contributed by atoms with van der Waals surface area (Å²) < 4.78 is 83.1. The minimum absolute atomic E-state index is 0.00134. The van der Waals surface area contributed by atoms with Crippen molar-refractivity contribution in [2.24, 2.45) is 0 Å². The molecule has 4 heterocycles. The molecule has 1 aromatic rings. The first-order chi connectivity index (χ1) is 15.0. The molecule has 14 heteroatoms. The van der Waals surface area contributed by atoms with Crippen LogP contribution in [-0.4, -0.2) is 67.2 Å². The fourth-order valence-corrected chi connectivity index (χ4v) is 6.90. The molecular weight excluding hydrogens is 473 g/mol. The predicted molar refractivity (Wildman–Crippen MR) is 104 cm³/mol. The third kappa shape index (κ3) is 4.24. The van der Waals surface area contributed by atoms with Gasteiger partial charge in [-0.15, -0.1) is 0 Å². The van der Waals surface area contributed by atoms with Gasteiger partial charge in [0, 0.05) is 6.07 Å². The summed E-state index contributed by atoms with van der Waals surface area (Å²) in [5, 5.41) is 10.3. The molecule has 4 fully saturated rings. The summed E-state index contributed by atoms with van der Waals surface area (Å²) in [6, 6.07) is 5.65. The molecule has 5 rings (SSSR count). The molecule has 11 nitrogen and oxygen atoms in total. The average molecular weight is 496 g/mol. The van der Waals surface area contributed by atoms with E-state index in [0.29, 0.717) is 0 Å². The van der Waals surface area contributed by atoms with Gasteiger partial charge in [0.2, 0.25) is 0 Å². The van der Waals surface area contributed by atoms with E-state index in [1.54, 1.807) is 0 Å². The Morgan fingerprint density at radius 3 is 2.12 bits per heavy atom. The van der Waals surface area contributed by atoms with Crippen molar-refractivity contribution in [3.8, 4) is 11.5 Å². The maximum absolute atomic E-state index is 14.6. The number of ether oxygens (including phenoxy) is 2. The third-order valence-corrected chi connectivity index (χ3v) is 8.34. The van der Waals surface area contributed by atoms with E-state index in [1.165, 1.54) is 38.1 Å². The van der Waals surface area contributed by atoms with Gasteiger partial charge in [-0.1, -0.05) is 6.07 Å². The Bertz CT molecular complexity index is 912. The van der Waals surface area contributed by atoms with Crippen LogP contribution in [0.5, 0.6) is 11.5 Å². The fourth-order valence-electron chi connectivity index (χ4n) is 3.91. The Morgan fingerprint density at radius 2 is 1.50 bits per heavy atom. The maximum Gasteiger partial charge on any atom is 0.530 e. The quantitative estimate of drug-likeness (QED) is 0.618. The summed E-state index contributed by atoms with van der Waals surface area (Å²) in [4.78, 5) is 0. The Morgan fingerprint density at radius 1 is 0.969 bits per heavy atom. The summed E-state index contributed by atoms with van der Waals surface area (Å²) >= 11 is 0. The summed E-state index contributed by atoms with van der Waals surface area (Å²) in [7, 11) is -8.24. The van der Waals surface area contributed by atoms with Gasteiger partial charge in [0.1, 0.15) is 41.5 Å². The monoisotopic (exact) mass is 496 g/mol. The molecule has 4 aliphatic rings. The molecule has 4 saturated heterocycles. The van der Waals surface area contributed by atoms with Crippen LogP contribution in [0.2, 0.25) is 0 Å². The van der Waals surface area contributed by atoms with Gasteiger partial charge >= 0.3 is 15.6 Å². The van der Waals surface area contributed by atoms with Crippen LogP contribution >= 0.6 is 15.6 Å². The number of benzene rings is 1. The van der Waals surface area contributed by atoms with Crippen molar-refractivity contribution in [3.05, 3.63) is 24.3 Å². The number of phosphoric acid groups is 2. The van der Waals surface area contributed by atoms with Crippen LogP contribution in [0.15, 0.2) is 24.3 Å². The molecule has 0 radical (unpaired) electrons. The zero-order chi connectivity index (χ0) is 22.8. The van der Waals surface area contributed by atoms with Gasteiger partial charge in [-0.05, 0) is 26.0 Å². The topological polar surface area (TPSA) is 128 Å². The number of halogens is 1. The van der Waals surface area contributed by atoms with Crippen LogP contribution < -0.4 is 9.05 Å². The first-order valence-electron chi connectivity index (χ1n) is 9.97. The predicted octanol–water partition coefficient (Wildman–Crippen LogP) is 2.77. The van der Waals surface area contributed by atoms with Crippen molar-refractivity contribution < 1.29 is 55.2 Å². The van der Waals surface area contributed by atoms with E-state index in [9.17, 15) is 18.6 Å². The van der Waals surface area contributed by atoms with Crippen molar-refractivity contribution in [2.75, 3.05) is 26.4 Å². The lowest BCUT2D eigenvalue weighted by Crippen LogP contribution is -2.46. The highest BCUT2D eigenvalue weighted by Gasteiger charge is 2.57. The molecule has 0 aromatic heterocycles. The molecule has 2 unspecified atom stereocenters. The van der Waals surface area contributed by atoms with E-state index in [2.05, 4.69) is 0 Å². The van der Waals surface area contributed by atoms with E-state index in [-0.39, 0.29) is 37.9 Å².